The smallest absolute Gasteiger partial charge is 0.122 e. The average molecular weight is 270 g/mol. The van der Waals surface area contributed by atoms with E-state index in [1.165, 1.54) is 12.0 Å². The Balaban J connectivity index is 2.33. The van der Waals surface area contributed by atoms with Crippen LogP contribution in [0.3, 0.4) is 0 Å². The lowest BCUT2D eigenvalue weighted by molar-refractivity contribution is 0.316. The quantitative estimate of drug-likeness (QED) is 0.661. The van der Waals surface area contributed by atoms with Crippen LogP contribution in [0.15, 0.2) is 18.2 Å². The molecule has 0 fully saturated rings. The number of ether oxygens (including phenoxy) is 1. The molecule has 0 aliphatic carbocycles. The van der Waals surface area contributed by atoms with E-state index in [1.807, 2.05) is 12.1 Å². The number of halogens is 1. The summed E-state index contributed by atoms with van der Waals surface area (Å²) in [4.78, 5) is 0. The van der Waals surface area contributed by atoms with Crippen LogP contribution in [0.2, 0.25) is 0 Å². The summed E-state index contributed by atoms with van der Waals surface area (Å²) in [5, 5.41) is 1.03. The highest BCUT2D eigenvalue weighted by Crippen LogP contribution is 2.36. The molecule has 1 aromatic rings. The van der Waals surface area contributed by atoms with Gasteiger partial charge in [-0.1, -0.05) is 15.9 Å². The lowest BCUT2D eigenvalue weighted by atomic mass is 9.92. The molecular weight excluding hydrogens is 254 g/mol. The van der Waals surface area contributed by atoms with Crippen LogP contribution in [0.4, 0.5) is 5.69 Å². The summed E-state index contributed by atoms with van der Waals surface area (Å²) >= 11 is 3.51. The Morgan fingerprint density at radius 1 is 1.47 bits per heavy atom. The molecule has 2 rings (SSSR count). The van der Waals surface area contributed by atoms with E-state index in [2.05, 4.69) is 22.0 Å². The molecule has 0 radical (unpaired) electrons. The molecule has 82 valence electrons. The fourth-order valence-corrected chi connectivity index (χ4v) is 2.67. The van der Waals surface area contributed by atoms with Gasteiger partial charge in [-0.15, -0.1) is 0 Å². The van der Waals surface area contributed by atoms with E-state index in [9.17, 15) is 0 Å². The van der Waals surface area contributed by atoms with E-state index in [0.29, 0.717) is 5.92 Å². The zero-order valence-corrected chi connectivity index (χ0v) is 10.3. The summed E-state index contributed by atoms with van der Waals surface area (Å²) in [6.45, 7) is 0.829. The minimum atomic E-state index is 0.588. The first-order chi connectivity index (χ1) is 7.31. The molecule has 1 aliphatic rings. The van der Waals surface area contributed by atoms with Crippen LogP contribution in [-0.4, -0.2) is 11.9 Å². The second-order valence-corrected chi connectivity index (χ2v) is 4.76. The predicted octanol–water partition coefficient (Wildman–Crippen LogP) is 3.31. The monoisotopic (exact) mass is 269 g/mol. The number of fused-ring (bicyclic) bond motifs is 1. The van der Waals surface area contributed by atoms with Crippen molar-refractivity contribution in [1.82, 2.24) is 0 Å². The van der Waals surface area contributed by atoms with Crippen molar-refractivity contribution >= 4 is 21.6 Å². The van der Waals surface area contributed by atoms with Crippen molar-refractivity contribution in [3.8, 4) is 5.75 Å². The van der Waals surface area contributed by atoms with Crippen molar-refractivity contribution in [3.63, 3.8) is 0 Å². The van der Waals surface area contributed by atoms with Gasteiger partial charge in [0.25, 0.3) is 0 Å². The standard InChI is InChI=1S/C12H16BrNO/c13-6-5-9-2-1-7-15-12-4-3-10(14)8-11(9)12/h3-4,8-9H,1-2,5-7,14H2. The SMILES string of the molecule is Nc1ccc2c(c1)C(CCBr)CCCO2. The Morgan fingerprint density at radius 3 is 3.13 bits per heavy atom. The Labute approximate surface area is 98.9 Å². The normalized spacial score (nSPS) is 20.2. The first-order valence-corrected chi connectivity index (χ1v) is 6.51. The maximum Gasteiger partial charge on any atom is 0.122 e. The number of hydrogen-bond donors (Lipinski definition) is 1. The van der Waals surface area contributed by atoms with Gasteiger partial charge in [0.05, 0.1) is 6.61 Å². The molecule has 0 amide bonds. The van der Waals surface area contributed by atoms with Crippen LogP contribution < -0.4 is 10.5 Å². The topological polar surface area (TPSA) is 35.2 Å². The molecule has 1 heterocycles. The van der Waals surface area contributed by atoms with Gasteiger partial charge >= 0.3 is 0 Å². The largest absolute Gasteiger partial charge is 0.493 e. The summed E-state index contributed by atoms with van der Waals surface area (Å²) in [6.07, 6.45) is 3.48. The van der Waals surface area contributed by atoms with Crippen molar-refractivity contribution in [2.24, 2.45) is 0 Å². The van der Waals surface area contributed by atoms with Gasteiger partial charge < -0.3 is 10.5 Å². The molecule has 1 atom stereocenters. The maximum absolute atomic E-state index is 5.82. The van der Waals surface area contributed by atoms with Crippen LogP contribution in [-0.2, 0) is 0 Å². The van der Waals surface area contributed by atoms with Gasteiger partial charge in [-0.05, 0) is 48.9 Å². The Hall–Kier alpha value is -0.700. The van der Waals surface area contributed by atoms with E-state index in [-0.39, 0.29) is 0 Å². The Morgan fingerprint density at radius 2 is 2.33 bits per heavy atom. The molecule has 0 saturated heterocycles. The van der Waals surface area contributed by atoms with Gasteiger partial charge in [-0.25, -0.2) is 0 Å². The molecule has 3 heteroatoms. The van der Waals surface area contributed by atoms with E-state index in [4.69, 9.17) is 10.5 Å². The second-order valence-electron chi connectivity index (χ2n) is 3.96. The number of rotatable bonds is 2. The van der Waals surface area contributed by atoms with E-state index >= 15 is 0 Å². The zero-order chi connectivity index (χ0) is 10.7. The van der Waals surface area contributed by atoms with Crippen LogP contribution in [0.1, 0.15) is 30.7 Å². The van der Waals surface area contributed by atoms with Crippen molar-refractivity contribution in [3.05, 3.63) is 23.8 Å². The number of benzene rings is 1. The number of alkyl halides is 1. The summed E-state index contributed by atoms with van der Waals surface area (Å²) in [5.41, 5.74) is 7.94. The minimum absolute atomic E-state index is 0.588. The molecule has 0 aromatic heterocycles. The van der Waals surface area contributed by atoms with Gasteiger partial charge in [0.15, 0.2) is 0 Å². The fourth-order valence-electron chi connectivity index (χ4n) is 2.12. The molecule has 1 aliphatic heterocycles. The zero-order valence-electron chi connectivity index (χ0n) is 8.71. The maximum atomic E-state index is 5.82. The molecule has 1 unspecified atom stereocenters. The Bertz CT molecular complexity index is 340. The third kappa shape index (κ3) is 2.46. The van der Waals surface area contributed by atoms with Gasteiger partial charge in [0, 0.05) is 11.0 Å². The van der Waals surface area contributed by atoms with Gasteiger partial charge in [-0.2, -0.15) is 0 Å². The minimum Gasteiger partial charge on any atom is -0.493 e. The third-order valence-electron chi connectivity index (χ3n) is 2.89. The molecular formula is C12H16BrNO. The van der Waals surface area contributed by atoms with Crippen LogP contribution in [0, 0.1) is 0 Å². The fraction of sp³-hybridized carbons (Fsp3) is 0.500. The predicted molar refractivity (Wildman–Crippen MR) is 66.7 cm³/mol. The van der Waals surface area contributed by atoms with Crippen LogP contribution >= 0.6 is 15.9 Å². The molecule has 0 saturated carbocycles. The number of nitrogens with two attached hydrogens (primary N) is 1. The highest BCUT2D eigenvalue weighted by Gasteiger charge is 2.19. The molecule has 1 aromatic carbocycles. The van der Waals surface area contributed by atoms with Gasteiger partial charge in [-0.3, -0.25) is 0 Å². The van der Waals surface area contributed by atoms with Crippen molar-refractivity contribution in [2.75, 3.05) is 17.7 Å². The van der Waals surface area contributed by atoms with E-state index < -0.39 is 0 Å². The number of anilines is 1. The van der Waals surface area contributed by atoms with Crippen molar-refractivity contribution < 1.29 is 4.74 Å². The van der Waals surface area contributed by atoms with Crippen molar-refractivity contribution in [1.29, 1.82) is 0 Å². The third-order valence-corrected chi connectivity index (χ3v) is 3.34. The van der Waals surface area contributed by atoms with E-state index in [1.54, 1.807) is 0 Å². The lowest BCUT2D eigenvalue weighted by Gasteiger charge is -2.15. The highest BCUT2D eigenvalue weighted by molar-refractivity contribution is 9.09. The second kappa shape index (κ2) is 4.88. The first kappa shape index (κ1) is 10.8. The highest BCUT2D eigenvalue weighted by atomic mass is 79.9. The first-order valence-electron chi connectivity index (χ1n) is 5.39. The summed E-state index contributed by atoms with van der Waals surface area (Å²) < 4.78 is 5.71. The number of nitrogen functional groups attached to an aromatic ring is 1. The lowest BCUT2D eigenvalue weighted by Crippen LogP contribution is -2.00. The van der Waals surface area contributed by atoms with E-state index in [0.717, 1.165) is 36.2 Å². The Kier molecular flexibility index (Phi) is 3.52. The average Bonchev–Trinajstić information content (AvgIpc) is 2.42. The summed E-state index contributed by atoms with van der Waals surface area (Å²) in [6, 6.07) is 5.97. The number of hydrogen-bond acceptors (Lipinski definition) is 2. The molecule has 0 bridgehead atoms. The van der Waals surface area contributed by atoms with Crippen molar-refractivity contribution in [2.45, 2.75) is 25.2 Å². The molecule has 0 spiro atoms. The van der Waals surface area contributed by atoms with Crippen LogP contribution in [0.25, 0.3) is 0 Å². The van der Waals surface area contributed by atoms with Gasteiger partial charge in [0.2, 0.25) is 0 Å². The van der Waals surface area contributed by atoms with Gasteiger partial charge in [0.1, 0.15) is 5.75 Å². The van der Waals surface area contributed by atoms with Crippen LogP contribution in [0.5, 0.6) is 5.75 Å². The molecule has 2 nitrogen and oxygen atoms in total. The summed E-state index contributed by atoms with van der Waals surface area (Å²) in [7, 11) is 0. The molecule has 15 heavy (non-hydrogen) atoms. The molecule has 2 N–H and O–H groups in total. The summed E-state index contributed by atoms with van der Waals surface area (Å²) in [5.74, 6) is 1.61.